The van der Waals surface area contributed by atoms with Gasteiger partial charge in [0.25, 0.3) is 0 Å². The summed E-state index contributed by atoms with van der Waals surface area (Å²) in [5.74, 6) is 0.721. The van der Waals surface area contributed by atoms with Crippen molar-refractivity contribution in [1.29, 1.82) is 0 Å². The quantitative estimate of drug-likeness (QED) is 0.668. The highest BCUT2D eigenvalue weighted by Crippen LogP contribution is 2.14. The molecule has 12 heavy (non-hydrogen) atoms. The van der Waals surface area contributed by atoms with Crippen molar-refractivity contribution in [2.45, 2.75) is 46.1 Å². The fourth-order valence-corrected chi connectivity index (χ4v) is 0.991. The van der Waals surface area contributed by atoms with Gasteiger partial charge in [-0.2, -0.15) is 0 Å². The Labute approximate surface area is 76.5 Å². The first-order valence-electron chi connectivity index (χ1n) is 4.82. The van der Waals surface area contributed by atoms with Gasteiger partial charge in [0.05, 0.1) is 5.60 Å². The lowest BCUT2D eigenvalue weighted by molar-refractivity contribution is -0.0259. The molecule has 0 heterocycles. The lowest BCUT2D eigenvalue weighted by Gasteiger charge is -2.25. The Hall–Kier alpha value is -0.0800. The van der Waals surface area contributed by atoms with Crippen molar-refractivity contribution in [3.8, 4) is 0 Å². The highest BCUT2D eigenvalue weighted by Gasteiger charge is 2.16. The van der Waals surface area contributed by atoms with Gasteiger partial charge < -0.3 is 10.5 Å². The third-order valence-corrected chi connectivity index (χ3v) is 1.93. The second-order valence-electron chi connectivity index (χ2n) is 4.33. The van der Waals surface area contributed by atoms with Crippen molar-refractivity contribution in [2.24, 2.45) is 11.7 Å². The highest BCUT2D eigenvalue weighted by molar-refractivity contribution is 4.68. The van der Waals surface area contributed by atoms with E-state index in [1.807, 2.05) is 0 Å². The number of hydrogen-bond donors (Lipinski definition) is 1. The maximum Gasteiger partial charge on any atom is 0.0638 e. The Bertz CT molecular complexity index is 110. The smallest absolute Gasteiger partial charge is 0.0638 e. The van der Waals surface area contributed by atoms with Crippen LogP contribution in [0, 0.1) is 5.92 Å². The molecule has 0 bridgehead atoms. The molecular formula is C10H23NO. The van der Waals surface area contributed by atoms with E-state index in [1.54, 1.807) is 0 Å². The van der Waals surface area contributed by atoms with Gasteiger partial charge in [0, 0.05) is 6.61 Å². The monoisotopic (exact) mass is 173 g/mol. The lowest BCUT2D eigenvalue weighted by atomic mass is 10.1. The Balaban J connectivity index is 3.46. The van der Waals surface area contributed by atoms with Crippen LogP contribution in [0.4, 0.5) is 0 Å². The summed E-state index contributed by atoms with van der Waals surface area (Å²) in [6, 6.07) is 0. The standard InChI is InChI=1S/C10H23NO/c1-9(2)5-8-12-10(3,4)6-7-11/h9H,5-8,11H2,1-4H3. The molecule has 0 spiro atoms. The molecule has 0 aliphatic carbocycles. The van der Waals surface area contributed by atoms with Crippen LogP contribution in [-0.4, -0.2) is 18.8 Å². The van der Waals surface area contributed by atoms with Crippen molar-refractivity contribution in [2.75, 3.05) is 13.2 Å². The normalized spacial score (nSPS) is 12.5. The predicted octanol–water partition coefficient (Wildman–Crippen LogP) is 2.18. The molecule has 0 aromatic rings. The molecule has 0 saturated heterocycles. The van der Waals surface area contributed by atoms with Gasteiger partial charge in [-0.3, -0.25) is 0 Å². The molecule has 2 nitrogen and oxygen atoms in total. The summed E-state index contributed by atoms with van der Waals surface area (Å²) in [7, 11) is 0. The summed E-state index contributed by atoms with van der Waals surface area (Å²) in [5, 5.41) is 0. The molecule has 0 fully saturated rings. The Kier molecular flexibility index (Phi) is 5.51. The fourth-order valence-electron chi connectivity index (χ4n) is 0.991. The second-order valence-corrected chi connectivity index (χ2v) is 4.33. The average Bonchev–Trinajstić information content (AvgIpc) is 1.85. The van der Waals surface area contributed by atoms with Crippen molar-refractivity contribution >= 4 is 0 Å². The Morgan fingerprint density at radius 3 is 2.33 bits per heavy atom. The summed E-state index contributed by atoms with van der Waals surface area (Å²) in [5.41, 5.74) is 5.43. The molecule has 0 aliphatic rings. The van der Waals surface area contributed by atoms with E-state index >= 15 is 0 Å². The average molecular weight is 173 g/mol. The predicted molar refractivity (Wildman–Crippen MR) is 53.2 cm³/mol. The van der Waals surface area contributed by atoms with Crippen molar-refractivity contribution in [3.63, 3.8) is 0 Å². The van der Waals surface area contributed by atoms with Crippen LogP contribution in [0.1, 0.15) is 40.5 Å². The molecular weight excluding hydrogens is 150 g/mol. The number of hydrogen-bond acceptors (Lipinski definition) is 2. The van der Waals surface area contributed by atoms with Crippen LogP contribution < -0.4 is 5.73 Å². The van der Waals surface area contributed by atoms with Gasteiger partial charge in [-0.15, -0.1) is 0 Å². The molecule has 0 unspecified atom stereocenters. The fraction of sp³-hybridized carbons (Fsp3) is 1.00. The third kappa shape index (κ3) is 6.62. The minimum atomic E-state index is -0.0381. The lowest BCUT2D eigenvalue weighted by Crippen LogP contribution is -2.28. The molecule has 0 atom stereocenters. The Morgan fingerprint density at radius 1 is 1.33 bits per heavy atom. The van der Waals surface area contributed by atoms with E-state index in [0.29, 0.717) is 6.54 Å². The number of rotatable bonds is 6. The largest absolute Gasteiger partial charge is 0.376 e. The van der Waals surface area contributed by atoms with Gasteiger partial charge in [-0.1, -0.05) is 13.8 Å². The summed E-state index contributed by atoms with van der Waals surface area (Å²) in [4.78, 5) is 0. The second kappa shape index (κ2) is 5.55. The SMILES string of the molecule is CC(C)CCOC(C)(C)CCN. The highest BCUT2D eigenvalue weighted by atomic mass is 16.5. The molecule has 74 valence electrons. The van der Waals surface area contributed by atoms with Crippen molar-refractivity contribution in [1.82, 2.24) is 0 Å². The van der Waals surface area contributed by atoms with E-state index in [0.717, 1.165) is 25.4 Å². The van der Waals surface area contributed by atoms with Gasteiger partial charge in [0.1, 0.15) is 0 Å². The van der Waals surface area contributed by atoms with Crippen LogP contribution in [0.25, 0.3) is 0 Å². The van der Waals surface area contributed by atoms with Gasteiger partial charge in [0.15, 0.2) is 0 Å². The zero-order valence-electron chi connectivity index (χ0n) is 8.89. The molecule has 0 aromatic heterocycles. The number of nitrogens with two attached hydrogens (primary N) is 1. The maximum absolute atomic E-state index is 5.70. The first kappa shape index (κ1) is 11.9. The first-order valence-corrected chi connectivity index (χ1v) is 4.82. The zero-order valence-corrected chi connectivity index (χ0v) is 8.89. The number of ether oxygens (including phenoxy) is 1. The van der Waals surface area contributed by atoms with Crippen molar-refractivity contribution in [3.05, 3.63) is 0 Å². The van der Waals surface area contributed by atoms with Crippen LogP contribution >= 0.6 is 0 Å². The summed E-state index contributed by atoms with van der Waals surface area (Å²) in [6.07, 6.45) is 2.07. The molecule has 2 N–H and O–H groups in total. The first-order chi connectivity index (χ1) is 5.48. The third-order valence-electron chi connectivity index (χ3n) is 1.93. The molecule has 0 aromatic carbocycles. The van der Waals surface area contributed by atoms with Gasteiger partial charge >= 0.3 is 0 Å². The van der Waals surface area contributed by atoms with E-state index in [2.05, 4.69) is 27.7 Å². The topological polar surface area (TPSA) is 35.2 Å². The molecule has 2 heteroatoms. The minimum absolute atomic E-state index is 0.0381. The van der Waals surface area contributed by atoms with Crippen molar-refractivity contribution < 1.29 is 4.74 Å². The van der Waals surface area contributed by atoms with Gasteiger partial charge in [-0.05, 0) is 39.2 Å². The van der Waals surface area contributed by atoms with Crippen LogP contribution in [0.3, 0.4) is 0 Å². The van der Waals surface area contributed by atoms with Crippen LogP contribution in [0.2, 0.25) is 0 Å². The zero-order chi connectivity index (χ0) is 9.61. The van der Waals surface area contributed by atoms with E-state index in [9.17, 15) is 0 Å². The van der Waals surface area contributed by atoms with Crippen LogP contribution in [-0.2, 0) is 4.74 Å². The Morgan fingerprint density at radius 2 is 1.92 bits per heavy atom. The van der Waals surface area contributed by atoms with Gasteiger partial charge in [0.2, 0.25) is 0 Å². The molecule has 0 amide bonds. The maximum atomic E-state index is 5.70. The summed E-state index contributed by atoms with van der Waals surface area (Å²) in [6.45, 7) is 10.2. The molecule has 0 aliphatic heterocycles. The van der Waals surface area contributed by atoms with E-state index < -0.39 is 0 Å². The summed E-state index contributed by atoms with van der Waals surface area (Å²) < 4.78 is 5.70. The van der Waals surface area contributed by atoms with Crippen LogP contribution in [0.5, 0.6) is 0 Å². The van der Waals surface area contributed by atoms with E-state index in [-0.39, 0.29) is 5.60 Å². The molecule has 0 saturated carbocycles. The van der Waals surface area contributed by atoms with Crippen LogP contribution in [0.15, 0.2) is 0 Å². The van der Waals surface area contributed by atoms with Gasteiger partial charge in [-0.25, -0.2) is 0 Å². The molecule has 0 radical (unpaired) electrons. The van der Waals surface area contributed by atoms with E-state index in [4.69, 9.17) is 10.5 Å². The molecule has 0 rings (SSSR count). The minimum Gasteiger partial charge on any atom is -0.376 e. The summed E-state index contributed by atoms with van der Waals surface area (Å²) >= 11 is 0. The van der Waals surface area contributed by atoms with E-state index in [1.165, 1.54) is 0 Å².